The number of hydrazone groups is 1. The number of carbonyl (C=O) groups excluding carboxylic acids is 1. The Bertz CT molecular complexity index is 501. The van der Waals surface area contributed by atoms with Gasteiger partial charge in [0.05, 0.1) is 12.8 Å². The van der Waals surface area contributed by atoms with Gasteiger partial charge in [-0.25, -0.2) is 5.43 Å². The van der Waals surface area contributed by atoms with Gasteiger partial charge in [0, 0.05) is 6.42 Å². The summed E-state index contributed by atoms with van der Waals surface area (Å²) in [5, 5.41) is 13.7. The van der Waals surface area contributed by atoms with E-state index in [4.69, 9.17) is 4.74 Å². The van der Waals surface area contributed by atoms with Gasteiger partial charge in [-0.2, -0.15) is 5.10 Å². The van der Waals surface area contributed by atoms with Crippen molar-refractivity contribution >= 4 is 12.1 Å². The van der Waals surface area contributed by atoms with Crippen LogP contribution < -0.4 is 10.2 Å². The number of rotatable bonds is 11. The Labute approximate surface area is 138 Å². The molecule has 0 aliphatic rings. The van der Waals surface area contributed by atoms with Gasteiger partial charge in [0.25, 0.3) is 0 Å². The van der Waals surface area contributed by atoms with E-state index in [9.17, 15) is 9.90 Å². The molecule has 23 heavy (non-hydrogen) atoms. The van der Waals surface area contributed by atoms with Gasteiger partial charge in [-0.1, -0.05) is 39.0 Å². The van der Waals surface area contributed by atoms with Crippen molar-refractivity contribution in [3.05, 3.63) is 23.8 Å². The molecule has 0 aliphatic carbocycles. The molecule has 0 unspecified atom stereocenters. The van der Waals surface area contributed by atoms with E-state index < -0.39 is 0 Å². The van der Waals surface area contributed by atoms with E-state index >= 15 is 0 Å². The second-order valence-electron chi connectivity index (χ2n) is 5.47. The molecule has 0 fully saturated rings. The maximum atomic E-state index is 11.6. The fourth-order valence-corrected chi connectivity index (χ4v) is 2.19. The Morgan fingerprint density at radius 3 is 2.65 bits per heavy atom. The first kappa shape index (κ1) is 19.0. The lowest BCUT2D eigenvalue weighted by molar-refractivity contribution is -0.121. The predicted octanol–water partition coefficient (Wildman–Crippen LogP) is 3.99. The lowest BCUT2D eigenvalue weighted by Crippen LogP contribution is -2.16. The van der Waals surface area contributed by atoms with Crippen LogP contribution in [-0.2, 0) is 4.79 Å². The molecule has 1 aromatic rings. The average Bonchev–Trinajstić information content (AvgIpc) is 2.53. The summed E-state index contributed by atoms with van der Waals surface area (Å²) in [5.74, 6) is 0.429. The molecule has 0 saturated carbocycles. The van der Waals surface area contributed by atoms with Crippen LogP contribution in [0.5, 0.6) is 11.5 Å². The number of hydrogen-bond donors (Lipinski definition) is 2. The van der Waals surface area contributed by atoms with Gasteiger partial charge in [-0.15, -0.1) is 0 Å². The van der Waals surface area contributed by atoms with E-state index in [2.05, 4.69) is 17.5 Å². The van der Waals surface area contributed by atoms with E-state index in [1.807, 2.05) is 6.92 Å². The number of carbonyl (C=O) groups is 1. The minimum Gasteiger partial charge on any atom is -0.504 e. The van der Waals surface area contributed by atoms with Gasteiger partial charge in [-0.05, 0) is 37.1 Å². The van der Waals surface area contributed by atoms with Crippen LogP contribution in [0.15, 0.2) is 23.3 Å². The third-order valence-electron chi connectivity index (χ3n) is 3.44. The smallest absolute Gasteiger partial charge is 0.240 e. The highest BCUT2D eigenvalue weighted by molar-refractivity contribution is 5.83. The molecule has 0 spiro atoms. The van der Waals surface area contributed by atoms with Gasteiger partial charge < -0.3 is 9.84 Å². The number of nitrogens with zero attached hydrogens (tertiary/aromatic N) is 1. The second kappa shape index (κ2) is 11.5. The van der Waals surface area contributed by atoms with Gasteiger partial charge >= 0.3 is 0 Å². The molecule has 128 valence electrons. The molecule has 1 rings (SSSR count). The lowest BCUT2D eigenvalue weighted by Gasteiger charge is -2.05. The summed E-state index contributed by atoms with van der Waals surface area (Å²) in [6.45, 7) is 4.54. The summed E-state index contributed by atoms with van der Waals surface area (Å²) in [6.07, 6.45) is 8.93. The zero-order valence-electron chi connectivity index (χ0n) is 14.2. The summed E-state index contributed by atoms with van der Waals surface area (Å²) in [6, 6.07) is 5.00. The summed E-state index contributed by atoms with van der Waals surface area (Å²) < 4.78 is 5.25. The van der Waals surface area contributed by atoms with Crippen LogP contribution in [-0.4, -0.2) is 23.8 Å². The first-order valence-corrected chi connectivity index (χ1v) is 8.45. The highest BCUT2D eigenvalue weighted by atomic mass is 16.5. The quantitative estimate of drug-likeness (QED) is 0.368. The largest absolute Gasteiger partial charge is 0.504 e. The maximum absolute atomic E-state index is 11.6. The van der Waals surface area contributed by atoms with E-state index in [0.29, 0.717) is 24.3 Å². The van der Waals surface area contributed by atoms with Crippen LogP contribution in [0.2, 0.25) is 0 Å². The number of phenols is 1. The van der Waals surface area contributed by atoms with E-state index in [-0.39, 0.29) is 11.7 Å². The maximum Gasteiger partial charge on any atom is 0.240 e. The Morgan fingerprint density at radius 2 is 1.96 bits per heavy atom. The molecule has 5 nitrogen and oxygen atoms in total. The Balaban J connectivity index is 2.27. The number of hydrogen-bond acceptors (Lipinski definition) is 4. The molecular formula is C18H28N2O3. The SMILES string of the molecule is CCCCCCCCC(=O)NN=Cc1ccc(OCC)c(O)c1. The minimum atomic E-state index is -0.0769. The monoisotopic (exact) mass is 320 g/mol. The van der Waals surface area contributed by atoms with Crippen molar-refractivity contribution in [2.24, 2.45) is 5.10 Å². The third-order valence-corrected chi connectivity index (χ3v) is 3.44. The van der Waals surface area contributed by atoms with Crippen molar-refractivity contribution in [1.29, 1.82) is 0 Å². The zero-order chi connectivity index (χ0) is 16.9. The molecule has 1 aromatic carbocycles. The number of nitrogens with one attached hydrogen (secondary N) is 1. The van der Waals surface area contributed by atoms with Crippen molar-refractivity contribution < 1.29 is 14.6 Å². The van der Waals surface area contributed by atoms with Crippen LogP contribution in [0.1, 0.15) is 64.4 Å². The van der Waals surface area contributed by atoms with Crippen molar-refractivity contribution in [2.75, 3.05) is 6.61 Å². The molecule has 5 heteroatoms. The Kier molecular flexibility index (Phi) is 9.52. The number of aromatic hydroxyl groups is 1. The van der Waals surface area contributed by atoms with Gasteiger partial charge in [0.15, 0.2) is 11.5 Å². The minimum absolute atomic E-state index is 0.0641. The van der Waals surface area contributed by atoms with E-state index in [1.54, 1.807) is 18.2 Å². The fraction of sp³-hybridized carbons (Fsp3) is 0.556. The molecule has 0 saturated heterocycles. The number of unbranched alkanes of at least 4 members (excludes halogenated alkanes) is 5. The second-order valence-corrected chi connectivity index (χ2v) is 5.47. The number of benzene rings is 1. The lowest BCUT2D eigenvalue weighted by atomic mass is 10.1. The molecule has 0 heterocycles. The highest BCUT2D eigenvalue weighted by Crippen LogP contribution is 2.25. The zero-order valence-corrected chi connectivity index (χ0v) is 14.2. The fourth-order valence-electron chi connectivity index (χ4n) is 2.19. The van der Waals surface area contributed by atoms with Crippen molar-refractivity contribution in [3.8, 4) is 11.5 Å². The Morgan fingerprint density at radius 1 is 1.22 bits per heavy atom. The molecule has 0 atom stereocenters. The standard InChI is InChI=1S/C18H28N2O3/c1-3-5-6-7-8-9-10-18(22)20-19-14-15-11-12-17(23-4-2)16(21)13-15/h11-14,21H,3-10H2,1-2H3,(H,20,22). The summed E-state index contributed by atoms with van der Waals surface area (Å²) in [5.41, 5.74) is 3.21. The average molecular weight is 320 g/mol. The van der Waals surface area contributed by atoms with Gasteiger partial charge in [-0.3, -0.25) is 4.79 Å². The first-order chi connectivity index (χ1) is 11.2. The third kappa shape index (κ3) is 8.24. The summed E-state index contributed by atoms with van der Waals surface area (Å²) >= 11 is 0. The van der Waals surface area contributed by atoms with Crippen LogP contribution in [0.3, 0.4) is 0 Å². The number of phenolic OH excluding ortho intramolecular Hbond substituents is 1. The molecule has 0 aromatic heterocycles. The summed E-state index contributed by atoms with van der Waals surface area (Å²) in [4.78, 5) is 11.6. The molecule has 0 aliphatic heterocycles. The normalized spacial score (nSPS) is 10.9. The molecular weight excluding hydrogens is 292 g/mol. The topological polar surface area (TPSA) is 70.9 Å². The van der Waals surface area contributed by atoms with Crippen LogP contribution in [0.25, 0.3) is 0 Å². The molecule has 0 bridgehead atoms. The van der Waals surface area contributed by atoms with Crippen LogP contribution in [0, 0.1) is 0 Å². The predicted molar refractivity (Wildman–Crippen MR) is 93.0 cm³/mol. The van der Waals surface area contributed by atoms with Gasteiger partial charge in [0.2, 0.25) is 5.91 Å². The van der Waals surface area contributed by atoms with Crippen molar-refractivity contribution in [2.45, 2.75) is 58.8 Å². The Hall–Kier alpha value is -2.04. The van der Waals surface area contributed by atoms with Crippen LogP contribution >= 0.6 is 0 Å². The van der Waals surface area contributed by atoms with E-state index in [1.165, 1.54) is 31.9 Å². The summed E-state index contributed by atoms with van der Waals surface area (Å²) in [7, 11) is 0. The molecule has 1 amide bonds. The molecule has 0 radical (unpaired) electrons. The number of ether oxygens (including phenoxy) is 1. The van der Waals surface area contributed by atoms with Gasteiger partial charge in [0.1, 0.15) is 0 Å². The van der Waals surface area contributed by atoms with Crippen LogP contribution in [0.4, 0.5) is 0 Å². The van der Waals surface area contributed by atoms with Crippen molar-refractivity contribution in [3.63, 3.8) is 0 Å². The first-order valence-electron chi connectivity index (χ1n) is 8.45. The van der Waals surface area contributed by atoms with E-state index in [0.717, 1.165) is 12.8 Å². The number of amides is 1. The highest BCUT2D eigenvalue weighted by Gasteiger charge is 2.02. The molecule has 2 N–H and O–H groups in total. The van der Waals surface area contributed by atoms with Crippen molar-refractivity contribution in [1.82, 2.24) is 5.43 Å².